The quantitative estimate of drug-likeness (QED) is 0.818. The maximum Gasteiger partial charge on any atom is 0.267 e. The van der Waals surface area contributed by atoms with Crippen molar-refractivity contribution >= 4 is 11.6 Å². The van der Waals surface area contributed by atoms with Crippen LogP contribution in [0.5, 0.6) is 0 Å². The number of hydrogen-bond donors (Lipinski definition) is 2. The van der Waals surface area contributed by atoms with E-state index in [1.807, 2.05) is 0 Å². The number of carbonyl (C=O) groups excluding carboxylic acids is 1. The summed E-state index contributed by atoms with van der Waals surface area (Å²) in [5.74, 6) is -1.05. The van der Waals surface area contributed by atoms with Crippen LogP contribution in [0, 0.1) is 12.7 Å². The van der Waals surface area contributed by atoms with E-state index in [1.54, 1.807) is 24.3 Å². The molecule has 96 valence electrons. The average Bonchev–Trinajstić information content (AvgIpc) is 2.66. The van der Waals surface area contributed by atoms with Gasteiger partial charge >= 0.3 is 0 Å². The molecule has 0 saturated carbocycles. The second-order valence-corrected chi connectivity index (χ2v) is 4.47. The van der Waals surface area contributed by atoms with Crippen LogP contribution in [0.1, 0.15) is 17.0 Å². The molecule has 4 nitrogen and oxygen atoms in total. The third-order valence-corrected chi connectivity index (χ3v) is 3.29. The monoisotopic (exact) mass is 258 g/mol. The zero-order chi connectivity index (χ0) is 13.6. The van der Waals surface area contributed by atoms with Crippen LogP contribution in [-0.4, -0.2) is 16.0 Å². The zero-order valence-corrected chi connectivity index (χ0v) is 10.1. The summed E-state index contributed by atoms with van der Waals surface area (Å²) < 4.78 is 13.3. The van der Waals surface area contributed by atoms with Crippen LogP contribution >= 0.6 is 0 Å². The second kappa shape index (κ2) is 3.86. The fourth-order valence-electron chi connectivity index (χ4n) is 2.24. The molecule has 1 aromatic heterocycles. The van der Waals surface area contributed by atoms with Crippen molar-refractivity contribution in [1.29, 1.82) is 0 Å². The van der Waals surface area contributed by atoms with Gasteiger partial charge in [0.2, 0.25) is 5.60 Å². The SMILES string of the molecule is Cc1nc(C2(O)C(=O)Nc3ccccc32)ccc1F. The maximum absolute atomic E-state index is 13.3. The van der Waals surface area contributed by atoms with Crippen molar-refractivity contribution in [3.63, 3.8) is 0 Å². The van der Waals surface area contributed by atoms with Crippen LogP contribution in [0.15, 0.2) is 36.4 Å². The van der Waals surface area contributed by atoms with Gasteiger partial charge in [0, 0.05) is 11.3 Å². The van der Waals surface area contributed by atoms with Crippen LogP contribution in [0.4, 0.5) is 10.1 Å². The number of nitrogens with zero attached hydrogens (tertiary/aromatic N) is 1. The number of halogens is 1. The highest BCUT2D eigenvalue weighted by Crippen LogP contribution is 2.39. The Balaban J connectivity index is 2.22. The Hall–Kier alpha value is -2.27. The summed E-state index contributed by atoms with van der Waals surface area (Å²) in [6.07, 6.45) is 0. The van der Waals surface area contributed by atoms with Crippen LogP contribution in [0.2, 0.25) is 0 Å². The van der Waals surface area contributed by atoms with Crippen LogP contribution in [-0.2, 0) is 10.4 Å². The number of rotatable bonds is 1. The van der Waals surface area contributed by atoms with Crippen molar-refractivity contribution in [2.24, 2.45) is 0 Å². The number of hydrogen-bond acceptors (Lipinski definition) is 3. The number of carbonyl (C=O) groups is 1. The second-order valence-electron chi connectivity index (χ2n) is 4.47. The molecular weight excluding hydrogens is 247 g/mol. The van der Waals surface area contributed by atoms with Gasteiger partial charge < -0.3 is 10.4 Å². The van der Waals surface area contributed by atoms with Gasteiger partial charge in [0.25, 0.3) is 5.91 Å². The molecule has 0 saturated heterocycles. The number of anilines is 1. The minimum Gasteiger partial charge on any atom is -0.370 e. The first kappa shape index (κ1) is 11.8. The third kappa shape index (κ3) is 1.55. The van der Waals surface area contributed by atoms with Crippen molar-refractivity contribution < 1.29 is 14.3 Å². The van der Waals surface area contributed by atoms with E-state index >= 15 is 0 Å². The minimum absolute atomic E-state index is 0.119. The molecule has 5 heteroatoms. The topological polar surface area (TPSA) is 62.2 Å². The molecule has 0 radical (unpaired) electrons. The van der Waals surface area contributed by atoms with Gasteiger partial charge in [-0.1, -0.05) is 18.2 Å². The molecule has 1 atom stereocenters. The molecule has 19 heavy (non-hydrogen) atoms. The maximum atomic E-state index is 13.3. The predicted octanol–water partition coefficient (Wildman–Crippen LogP) is 1.72. The summed E-state index contributed by atoms with van der Waals surface area (Å²) in [6.45, 7) is 1.49. The molecular formula is C14H11FN2O2. The van der Waals surface area contributed by atoms with Gasteiger partial charge in [0.05, 0.1) is 11.4 Å². The van der Waals surface area contributed by atoms with E-state index in [4.69, 9.17) is 0 Å². The highest BCUT2D eigenvalue weighted by atomic mass is 19.1. The highest BCUT2D eigenvalue weighted by molar-refractivity contribution is 6.06. The summed E-state index contributed by atoms with van der Waals surface area (Å²) in [4.78, 5) is 16.0. The Morgan fingerprint density at radius 2 is 2.00 bits per heavy atom. The molecule has 1 aliphatic heterocycles. The lowest BCUT2D eigenvalue weighted by Crippen LogP contribution is -2.36. The summed E-state index contributed by atoms with van der Waals surface area (Å²) in [7, 11) is 0. The molecule has 0 bridgehead atoms. The smallest absolute Gasteiger partial charge is 0.267 e. The van der Waals surface area contributed by atoms with Gasteiger partial charge in [-0.25, -0.2) is 4.39 Å². The first-order valence-electron chi connectivity index (χ1n) is 5.80. The Kier molecular flexibility index (Phi) is 2.40. The molecule has 0 fully saturated rings. The van der Waals surface area contributed by atoms with Crippen molar-refractivity contribution in [2.75, 3.05) is 5.32 Å². The Morgan fingerprint density at radius 3 is 2.74 bits per heavy atom. The van der Waals surface area contributed by atoms with E-state index in [9.17, 15) is 14.3 Å². The number of aromatic nitrogens is 1. The standard InChI is InChI=1S/C14H11FN2O2/c1-8-10(15)6-7-12(16-8)14(19)9-4-2-3-5-11(9)17-13(14)18/h2-7,19H,1H3,(H,17,18). The molecule has 1 aromatic carbocycles. The third-order valence-electron chi connectivity index (χ3n) is 3.29. The highest BCUT2D eigenvalue weighted by Gasteiger charge is 2.48. The van der Waals surface area contributed by atoms with Gasteiger partial charge in [0.15, 0.2) is 0 Å². The number of nitrogens with one attached hydrogen (secondary N) is 1. The van der Waals surface area contributed by atoms with Crippen LogP contribution in [0.25, 0.3) is 0 Å². The number of para-hydroxylation sites is 1. The largest absolute Gasteiger partial charge is 0.370 e. The van der Waals surface area contributed by atoms with E-state index in [2.05, 4.69) is 10.3 Å². The molecule has 0 aliphatic carbocycles. The van der Waals surface area contributed by atoms with Gasteiger partial charge in [0.1, 0.15) is 5.82 Å². The number of aliphatic hydroxyl groups is 1. The molecule has 1 amide bonds. The number of amides is 1. The van der Waals surface area contributed by atoms with E-state index in [0.29, 0.717) is 11.3 Å². The lowest BCUT2D eigenvalue weighted by Gasteiger charge is -2.20. The molecule has 2 aromatic rings. The number of aryl methyl sites for hydroxylation is 1. The van der Waals surface area contributed by atoms with Crippen LogP contribution in [0.3, 0.4) is 0 Å². The Bertz CT molecular complexity index is 687. The number of fused-ring (bicyclic) bond motifs is 1. The normalized spacial score (nSPS) is 21.1. The Morgan fingerprint density at radius 1 is 1.26 bits per heavy atom. The molecule has 1 aliphatic rings. The first-order valence-corrected chi connectivity index (χ1v) is 5.80. The molecule has 3 rings (SSSR count). The van der Waals surface area contributed by atoms with Gasteiger partial charge in [-0.2, -0.15) is 0 Å². The number of benzene rings is 1. The van der Waals surface area contributed by atoms with Crippen molar-refractivity contribution in [3.05, 3.63) is 59.2 Å². The zero-order valence-electron chi connectivity index (χ0n) is 10.1. The molecule has 1 unspecified atom stereocenters. The molecule has 0 spiro atoms. The average molecular weight is 258 g/mol. The molecule has 2 heterocycles. The minimum atomic E-state index is -1.87. The Labute approximate surface area is 108 Å². The van der Waals surface area contributed by atoms with Crippen LogP contribution < -0.4 is 5.32 Å². The van der Waals surface area contributed by atoms with E-state index in [-0.39, 0.29) is 11.4 Å². The van der Waals surface area contributed by atoms with E-state index in [0.717, 1.165) is 0 Å². The van der Waals surface area contributed by atoms with Gasteiger partial charge in [-0.05, 0) is 25.1 Å². The van der Waals surface area contributed by atoms with E-state index in [1.165, 1.54) is 19.1 Å². The summed E-state index contributed by atoms with van der Waals surface area (Å²) >= 11 is 0. The predicted molar refractivity (Wildman–Crippen MR) is 67.0 cm³/mol. The lowest BCUT2D eigenvalue weighted by atomic mass is 9.91. The van der Waals surface area contributed by atoms with E-state index < -0.39 is 17.3 Å². The van der Waals surface area contributed by atoms with Crippen molar-refractivity contribution in [3.8, 4) is 0 Å². The van der Waals surface area contributed by atoms with Gasteiger partial charge in [-0.15, -0.1) is 0 Å². The first-order chi connectivity index (χ1) is 9.03. The summed E-state index contributed by atoms with van der Waals surface area (Å²) in [5.41, 5.74) is -0.635. The summed E-state index contributed by atoms with van der Waals surface area (Å²) in [5, 5.41) is 13.3. The fraction of sp³-hybridized carbons (Fsp3) is 0.143. The van der Waals surface area contributed by atoms with Crippen molar-refractivity contribution in [2.45, 2.75) is 12.5 Å². The molecule has 2 N–H and O–H groups in total. The fourth-order valence-corrected chi connectivity index (χ4v) is 2.24. The number of pyridine rings is 1. The summed E-state index contributed by atoms with van der Waals surface area (Å²) in [6, 6.07) is 9.34. The van der Waals surface area contributed by atoms with Gasteiger partial charge in [-0.3, -0.25) is 9.78 Å². The van der Waals surface area contributed by atoms with Crippen molar-refractivity contribution in [1.82, 2.24) is 4.98 Å². The lowest BCUT2D eigenvalue weighted by molar-refractivity contribution is -0.130.